The molecule has 0 aromatic heterocycles. The van der Waals surface area contributed by atoms with Crippen molar-refractivity contribution in [2.75, 3.05) is 0 Å². The largest absolute Gasteiger partial charge is 0.393 e. The van der Waals surface area contributed by atoms with E-state index in [0.29, 0.717) is 22.2 Å². The molecular formula is C29H52O2. The van der Waals surface area contributed by atoms with Crippen LogP contribution in [0.15, 0.2) is 0 Å². The zero-order valence-electron chi connectivity index (χ0n) is 21.7. The van der Waals surface area contributed by atoms with Gasteiger partial charge in [-0.15, -0.1) is 0 Å². The minimum Gasteiger partial charge on any atom is -0.393 e. The van der Waals surface area contributed by atoms with Gasteiger partial charge in [0.15, 0.2) is 0 Å². The van der Waals surface area contributed by atoms with Crippen LogP contribution in [-0.2, 0) is 0 Å². The maximum absolute atomic E-state index is 10.4. The summed E-state index contributed by atoms with van der Waals surface area (Å²) in [7, 11) is 0. The first kappa shape index (κ1) is 24.1. The maximum Gasteiger partial charge on any atom is 0.0617 e. The summed E-state index contributed by atoms with van der Waals surface area (Å²) >= 11 is 0. The Kier molecular flexibility index (Phi) is 6.21. The zero-order chi connectivity index (χ0) is 22.8. The summed E-state index contributed by atoms with van der Waals surface area (Å²) in [4.78, 5) is 0. The van der Waals surface area contributed by atoms with Gasteiger partial charge in [0.1, 0.15) is 0 Å². The summed E-state index contributed by atoms with van der Waals surface area (Å²) in [6, 6.07) is 0. The lowest BCUT2D eigenvalue weighted by atomic mass is 9.40. The van der Waals surface area contributed by atoms with Gasteiger partial charge in [0.2, 0.25) is 0 Å². The summed E-state index contributed by atoms with van der Waals surface area (Å²) in [6.07, 6.45) is 14.1. The standard InChI is InChI=1S/C29H52O2/c1-19(8-9-20(2)26(3,4)31)23-13-16-29(7)25-11-10-21-18-22(30)12-15-27(21,5)24(25)14-17-28(23,29)6/h19-25,30-31H,8-18H2,1-7H3/t19-,20+,21-,22+,23-,24-,25-,27+,28-,29+/m1/s1. The molecule has 4 aliphatic carbocycles. The van der Waals surface area contributed by atoms with Crippen molar-refractivity contribution < 1.29 is 10.2 Å². The van der Waals surface area contributed by atoms with Crippen molar-refractivity contribution in [2.45, 2.75) is 131 Å². The van der Waals surface area contributed by atoms with E-state index in [4.69, 9.17) is 0 Å². The average molecular weight is 433 g/mol. The van der Waals surface area contributed by atoms with Crippen molar-refractivity contribution >= 4 is 0 Å². The summed E-state index contributed by atoms with van der Waals surface area (Å²) < 4.78 is 0. The van der Waals surface area contributed by atoms with Crippen LogP contribution >= 0.6 is 0 Å². The number of hydrogen-bond donors (Lipinski definition) is 2. The number of aliphatic hydroxyl groups excluding tert-OH is 1. The van der Waals surface area contributed by atoms with E-state index in [-0.39, 0.29) is 6.10 Å². The minimum atomic E-state index is -0.562. The molecule has 0 aromatic carbocycles. The lowest BCUT2D eigenvalue weighted by Gasteiger charge is -2.65. The van der Waals surface area contributed by atoms with E-state index in [9.17, 15) is 10.2 Å². The van der Waals surface area contributed by atoms with Crippen molar-refractivity contribution in [3.05, 3.63) is 0 Å². The van der Waals surface area contributed by atoms with E-state index >= 15 is 0 Å². The van der Waals surface area contributed by atoms with Crippen molar-refractivity contribution in [3.63, 3.8) is 0 Å². The van der Waals surface area contributed by atoms with Gasteiger partial charge in [-0.3, -0.25) is 0 Å². The molecule has 0 aliphatic heterocycles. The van der Waals surface area contributed by atoms with E-state index < -0.39 is 5.60 Å². The van der Waals surface area contributed by atoms with Crippen molar-refractivity contribution in [1.82, 2.24) is 0 Å². The lowest BCUT2D eigenvalue weighted by molar-refractivity contribution is -0.165. The van der Waals surface area contributed by atoms with Crippen LogP contribution in [0.3, 0.4) is 0 Å². The molecule has 0 bridgehead atoms. The number of aliphatic hydroxyl groups is 2. The summed E-state index contributed by atoms with van der Waals surface area (Å²) in [5.41, 5.74) is 0.871. The molecule has 2 nitrogen and oxygen atoms in total. The molecular weight excluding hydrogens is 380 g/mol. The van der Waals surface area contributed by atoms with E-state index in [1.54, 1.807) is 0 Å². The summed E-state index contributed by atoms with van der Waals surface area (Å²) in [5.74, 6) is 4.47. The van der Waals surface area contributed by atoms with Crippen molar-refractivity contribution in [1.29, 1.82) is 0 Å². The van der Waals surface area contributed by atoms with Gasteiger partial charge in [-0.05, 0) is 130 Å². The second kappa shape index (κ2) is 8.00. The van der Waals surface area contributed by atoms with Gasteiger partial charge < -0.3 is 10.2 Å². The first-order chi connectivity index (χ1) is 14.3. The van der Waals surface area contributed by atoms with Gasteiger partial charge in [0.05, 0.1) is 11.7 Å². The Bertz CT molecular complexity index is 652. The van der Waals surface area contributed by atoms with Crippen molar-refractivity contribution in [3.8, 4) is 0 Å². The molecule has 2 heteroatoms. The first-order valence-electron chi connectivity index (χ1n) is 13.7. The van der Waals surface area contributed by atoms with Crippen LogP contribution in [0.5, 0.6) is 0 Å². The van der Waals surface area contributed by atoms with Crippen LogP contribution in [0.2, 0.25) is 0 Å². The zero-order valence-corrected chi connectivity index (χ0v) is 21.7. The highest BCUT2D eigenvalue weighted by molar-refractivity contribution is 5.14. The maximum atomic E-state index is 10.4. The molecule has 0 aromatic rings. The normalized spacial score (nSPS) is 49.6. The summed E-state index contributed by atoms with van der Waals surface area (Å²) in [6.45, 7) is 16.7. The quantitative estimate of drug-likeness (QED) is 0.481. The molecule has 0 spiro atoms. The minimum absolute atomic E-state index is 0.0398. The molecule has 4 rings (SSSR count). The lowest BCUT2D eigenvalue weighted by Crippen LogP contribution is -2.58. The molecule has 4 saturated carbocycles. The topological polar surface area (TPSA) is 40.5 Å². The third-order valence-electron chi connectivity index (χ3n) is 12.5. The van der Waals surface area contributed by atoms with E-state index in [0.717, 1.165) is 48.9 Å². The Morgan fingerprint density at radius 3 is 2.19 bits per heavy atom. The Labute approximate surface area is 193 Å². The van der Waals surface area contributed by atoms with Gasteiger partial charge in [0, 0.05) is 0 Å². The monoisotopic (exact) mass is 432 g/mol. The fourth-order valence-electron chi connectivity index (χ4n) is 9.67. The van der Waals surface area contributed by atoms with E-state index in [2.05, 4.69) is 34.6 Å². The number of fused-ring (bicyclic) bond motifs is 5. The molecule has 0 heterocycles. The highest BCUT2D eigenvalue weighted by Gasteiger charge is 2.65. The van der Waals surface area contributed by atoms with Gasteiger partial charge in [0.25, 0.3) is 0 Å². The van der Waals surface area contributed by atoms with Gasteiger partial charge in [-0.25, -0.2) is 0 Å². The molecule has 4 aliphatic rings. The van der Waals surface area contributed by atoms with E-state index in [1.807, 2.05) is 13.8 Å². The second-order valence-corrected chi connectivity index (χ2v) is 14.0. The third-order valence-corrected chi connectivity index (χ3v) is 12.5. The Morgan fingerprint density at radius 1 is 0.839 bits per heavy atom. The SMILES string of the molecule is C[C@H](CC[C@H](C)C(C)(C)O)[C@H]1CC[C@@]2(C)[C@@H]3CC[C@@H]4C[C@@H](O)CC[C@]4(C)[C@@H]3CC[C@]12C. The molecule has 10 atom stereocenters. The number of hydrogen-bond acceptors (Lipinski definition) is 2. The van der Waals surface area contributed by atoms with Crippen molar-refractivity contribution in [2.24, 2.45) is 51.8 Å². The highest BCUT2D eigenvalue weighted by Crippen LogP contribution is 2.73. The third kappa shape index (κ3) is 3.74. The van der Waals surface area contributed by atoms with Crippen LogP contribution in [-0.4, -0.2) is 21.9 Å². The fraction of sp³-hybridized carbons (Fsp3) is 1.00. The summed E-state index contributed by atoms with van der Waals surface area (Å²) in [5, 5.41) is 20.7. The predicted molar refractivity (Wildman–Crippen MR) is 130 cm³/mol. The molecule has 0 unspecified atom stereocenters. The molecule has 0 saturated heterocycles. The van der Waals surface area contributed by atoms with Gasteiger partial charge in [-0.1, -0.05) is 41.0 Å². The van der Waals surface area contributed by atoms with E-state index in [1.165, 1.54) is 51.4 Å². The molecule has 2 N–H and O–H groups in total. The van der Waals surface area contributed by atoms with Crippen LogP contribution in [0.1, 0.15) is 119 Å². The van der Waals surface area contributed by atoms with Crippen LogP contribution < -0.4 is 0 Å². The predicted octanol–water partition coefficient (Wildman–Crippen LogP) is 7.22. The van der Waals surface area contributed by atoms with Crippen LogP contribution in [0.25, 0.3) is 0 Å². The Balaban J connectivity index is 1.50. The smallest absolute Gasteiger partial charge is 0.0617 e. The average Bonchev–Trinajstić information content (AvgIpc) is 2.97. The molecule has 180 valence electrons. The Hall–Kier alpha value is -0.0800. The molecule has 31 heavy (non-hydrogen) atoms. The Morgan fingerprint density at radius 2 is 1.52 bits per heavy atom. The van der Waals surface area contributed by atoms with Crippen LogP contribution in [0, 0.1) is 51.8 Å². The molecule has 0 amide bonds. The first-order valence-corrected chi connectivity index (χ1v) is 13.7. The molecule has 4 fully saturated rings. The second-order valence-electron chi connectivity index (χ2n) is 14.0. The molecule has 0 radical (unpaired) electrons. The van der Waals surface area contributed by atoms with Gasteiger partial charge >= 0.3 is 0 Å². The fourth-order valence-corrected chi connectivity index (χ4v) is 9.67. The van der Waals surface area contributed by atoms with Crippen LogP contribution in [0.4, 0.5) is 0 Å². The number of rotatable bonds is 5. The highest BCUT2D eigenvalue weighted by atomic mass is 16.3. The van der Waals surface area contributed by atoms with Gasteiger partial charge in [-0.2, -0.15) is 0 Å².